The van der Waals surface area contributed by atoms with Crippen LogP contribution in [0.1, 0.15) is 25.0 Å². The molecule has 0 aliphatic heterocycles. The standard InChI is InChI=1S/C63H41NO/c1-63(2)56-28-14-13-25-50(56)51-33-31-41(37-57(51)63)64(59-36-39-17-3-5-18-42(39)44-20-11-12-26-52(44)59)58-29-15-27-53-55-34-38-16-4-6-19-43(38)60(62(55)65-61(53)58)40-30-32-49-47-23-8-7-21-45(47)46-22-9-10-24-48(46)54(49)35-40/h3-37H,1-2H3. The number of nitrogens with zero attached hydrogens (tertiary/aromatic N) is 1. The van der Waals surface area contributed by atoms with E-state index < -0.39 is 0 Å². The molecule has 1 aliphatic carbocycles. The van der Waals surface area contributed by atoms with Gasteiger partial charge in [-0.1, -0.05) is 190 Å². The molecule has 304 valence electrons. The van der Waals surface area contributed by atoms with Gasteiger partial charge in [-0.3, -0.25) is 0 Å². The SMILES string of the molecule is CC1(C)c2ccccc2-c2ccc(N(c3cc4ccccc4c4ccccc34)c3cccc4c3oc3c(-c5ccc6c7ccccc7c7ccccc7c6c5)c5ccccc5cc34)cc21. The molecule has 0 bridgehead atoms. The Labute approximate surface area is 376 Å². The maximum absolute atomic E-state index is 7.51. The average molecular weight is 828 g/mol. The molecule has 12 aromatic carbocycles. The van der Waals surface area contributed by atoms with Gasteiger partial charge in [0.25, 0.3) is 0 Å². The van der Waals surface area contributed by atoms with E-state index in [2.05, 4.69) is 231 Å². The Morgan fingerprint density at radius 1 is 0.338 bits per heavy atom. The molecule has 0 saturated carbocycles. The van der Waals surface area contributed by atoms with Crippen molar-refractivity contribution in [2.24, 2.45) is 0 Å². The Hall–Kier alpha value is -8.20. The predicted octanol–water partition coefficient (Wildman–Crippen LogP) is 17.9. The number of benzene rings is 12. The van der Waals surface area contributed by atoms with E-state index in [1.807, 2.05) is 0 Å². The van der Waals surface area contributed by atoms with Crippen LogP contribution in [0.4, 0.5) is 17.1 Å². The van der Waals surface area contributed by atoms with Gasteiger partial charge in [-0.15, -0.1) is 0 Å². The lowest BCUT2D eigenvalue weighted by Crippen LogP contribution is -2.16. The van der Waals surface area contributed by atoms with Crippen LogP contribution in [0, 0.1) is 0 Å². The number of para-hydroxylation sites is 1. The monoisotopic (exact) mass is 827 g/mol. The van der Waals surface area contributed by atoms with Crippen molar-refractivity contribution in [2.75, 3.05) is 4.90 Å². The van der Waals surface area contributed by atoms with Crippen LogP contribution >= 0.6 is 0 Å². The van der Waals surface area contributed by atoms with Crippen molar-refractivity contribution in [3.05, 3.63) is 223 Å². The van der Waals surface area contributed by atoms with Gasteiger partial charge in [-0.05, 0) is 123 Å². The van der Waals surface area contributed by atoms with Crippen LogP contribution in [0.3, 0.4) is 0 Å². The first-order chi connectivity index (χ1) is 32.0. The fourth-order valence-corrected chi connectivity index (χ4v) is 11.6. The lowest BCUT2D eigenvalue weighted by molar-refractivity contribution is 0.660. The number of rotatable bonds is 4. The Morgan fingerprint density at radius 3 is 1.63 bits per heavy atom. The minimum absolute atomic E-state index is 0.170. The van der Waals surface area contributed by atoms with E-state index in [9.17, 15) is 0 Å². The quantitative estimate of drug-likeness (QED) is 0.164. The van der Waals surface area contributed by atoms with Crippen molar-refractivity contribution in [1.82, 2.24) is 0 Å². The van der Waals surface area contributed by atoms with E-state index in [0.29, 0.717) is 0 Å². The van der Waals surface area contributed by atoms with Crippen molar-refractivity contribution >= 4 is 104 Å². The fourth-order valence-electron chi connectivity index (χ4n) is 11.6. The van der Waals surface area contributed by atoms with E-state index in [1.54, 1.807) is 0 Å². The Kier molecular flexibility index (Phi) is 7.49. The minimum atomic E-state index is -0.170. The van der Waals surface area contributed by atoms with Crippen LogP contribution in [0.15, 0.2) is 217 Å². The van der Waals surface area contributed by atoms with Gasteiger partial charge >= 0.3 is 0 Å². The third kappa shape index (κ3) is 5.11. The van der Waals surface area contributed by atoms with Crippen molar-refractivity contribution in [3.8, 4) is 22.3 Å². The molecular formula is C63H41NO. The zero-order valence-electron chi connectivity index (χ0n) is 36.1. The highest BCUT2D eigenvalue weighted by molar-refractivity contribution is 6.27. The average Bonchev–Trinajstić information content (AvgIpc) is 3.84. The maximum Gasteiger partial charge on any atom is 0.159 e. The molecule has 65 heavy (non-hydrogen) atoms. The molecule has 1 aliphatic rings. The lowest BCUT2D eigenvalue weighted by Gasteiger charge is -2.29. The number of anilines is 3. The van der Waals surface area contributed by atoms with Crippen molar-refractivity contribution in [2.45, 2.75) is 19.3 Å². The van der Waals surface area contributed by atoms with E-state index in [-0.39, 0.29) is 5.41 Å². The summed E-state index contributed by atoms with van der Waals surface area (Å²) in [4.78, 5) is 2.46. The first-order valence-electron chi connectivity index (χ1n) is 22.7. The summed E-state index contributed by atoms with van der Waals surface area (Å²) in [6.45, 7) is 4.73. The van der Waals surface area contributed by atoms with Gasteiger partial charge in [0.05, 0.1) is 11.4 Å². The van der Waals surface area contributed by atoms with Crippen molar-refractivity contribution in [3.63, 3.8) is 0 Å². The summed E-state index contributed by atoms with van der Waals surface area (Å²) in [5.41, 5.74) is 12.3. The highest BCUT2D eigenvalue weighted by Crippen LogP contribution is 2.53. The zero-order chi connectivity index (χ0) is 43.0. The van der Waals surface area contributed by atoms with Gasteiger partial charge in [-0.2, -0.15) is 0 Å². The molecule has 0 fully saturated rings. The highest BCUT2D eigenvalue weighted by Gasteiger charge is 2.36. The maximum atomic E-state index is 7.51. The van der Waals surface area contributed by atoms with Crippen LogP contribution in [-0.4, -0.2) is 0 Å². The summed E-state index contributed by atoms with van der Waals surface area (Å²) in [5, 5.41) is 17.0. The second kappa shape index (κ2) is 13.4. The number of hydrogen-bond donors (Lipinski definition) is 0. The molecular weight excluding hydrogens is 787 g/mol. The van der Waals surface area contributed by atoms with E-state index >= 15 is 0 Å². The van der Waals surface area contributed by atoms with Gasteiger partial charge in [-0.25, -0.2) is 0 Å². The molecule has 0 N–H and O–H groups in total. The molecule has 0 radical (unpaired) electrons. The van der Waals surface area contributed by atoms with E-state index in [4.69, 9.17) is 4.42 Å². The third-order valence-electron chi connectivity index (χ3n) is 14.6. The van der Waals surface area contributed by atoms with Crippen LogP contribution in [0.5, 0.6) is 0 Å². The summed E-state index contributed by atoms with van der Waals surface area (Å²) in [5.74, 6) is 0. The number of fused-ring (bicyclic) bond motifs is 16. The van der Waals surface area contributed by atoms with Crippen molar-refractivity contribution in [1.29, 1.82) is 0 Å². The summed E-state index contributed by atoms with van der Waals surface area (Å²) >= 11 is 0. The van der Waals surface area contributed by atoms with Gasteiger partial charge in [0.2, 0.25) is 0 Å². The van der Waals surface area contributed by atoms with Crippen LogP contribution in [0.2, 0.25) is 0 Å². The topological polar surface area (TPSA) is 16.4 Å². The van der Waals surface area contributed by atoms with Crippen LogP contribution < -0.4 is 4.90 Å². The summed E-state index contributed by atoms with van der Waals surface area (Å²) in [7, 11) is 0. The minimum Gasteiger partial charge on any atom is -0.453 e. The number of hydrogen-bond acceptors (Lipinski definition) is 2. The van der Waals surface area contributed by atoms with Crippen molar-refractivity contribution < 1.29 is 4.42 Å². The van der Waals surface area contributed by atoms with Crippen LogP contribution in [0.25, 0.3) is 109 Å². The normalized spacial score (nSPS) is 13.2. The summed E-state index contributed by atoms with van der Waals surface area (Å²) in [6, 6.07) is 78.4. The molecule has 2 nitrogen and oxygen atoms in total. The summed E-state index contributed by atoms with van der Waals surface area (Å²) < 4.78 is 7.51. The molecule has 0 saturated heterocycles. The van der Waals surface area contributed by atoms with Gasteiger partial charge in [0.15, 0.2) is 5.58 Å². The van der Waals surface area contributed by atoms with Gasteiger partial charge < -0.3 is 9.32 Å². The lowest BCUT2D eigenvalue weighted by atomic mass is 9.82. The molecule has 0 atom stereocenters. The first kappa shape index (κ1) is 36.3. The Balaban J connectivity index is 1.07. The van der Waals surface area contributed by atoms with E-state index in [1.165, 1.54) is 86.9 Å². The predicted molar refractivity (Wildman–Crippen MR) is 276 cm³/mol. The second-order valence-electron chi connectivity index (χ2n) is 18.4. The molecule has 1 aromatic heterocycles. The Morgan fingerprint density at radius 2 is 0.892 bits per heavy atom. The molecule has 0 unspecified atom stereocenters. The zero-order valence-corrected chi connectivity index (χ0v) is 36.1. The molecule has 14 rings (SSSR count). The fraction of sp³-hybridized carbons (Fsp3) is 0.0476. The van der Waals surface area contributed by atoms with Crippen LogP contribution in [-0.2, 0) is 5.41 Å². The molecule has 1 heterocycles. The van der Waals surface area contributed by atoms with Gasteiger partial charge in [0.1, 0.15) is 5.58 Å². The first-order valence-corrected chi connectivity index (χ1v) is 22.7. The Bertz CT molecular complexity index is 4130. The molecule has 0 amide bonds. The third-order valence-corrected chi connectivity index (χ3v) is 14.6. The highest BCUT2D eigenvalue weighted by atomic mass is 16.3. The van der Waals surface area contributed by atoms with Gasteiger partial charge in [0, 0.05) is 32.8 Å². The molecule has 13 aromatic rings. The molecule has 2 heteroatoms. The largest absolute Gasteiger partial charge is 0.453 e. The second-order valence-corrected chi connectivity index (χ2v) is 18.4. The summed E-state index contributed by atoms with van der Waals surface area (Å²) in [6.07, 6.45) is 0. The molecule has 0 spiro atoms. The number of furan rings is 1. The van der Waals surface area contributed by atoms with E-state index in [0.717, 1.165) is 50.1 Å². The smallest absolute Gasteiger partial charge is 0.159 e.